The minimum Gasteiger partial charge on any atom is -0.497 e. The lowest BCUT2D eigenvalue weighted by Gasteiger charge is -2.26. The minimum absolute atomic E-state index is 0.151. The van der Waals surface area contributed by atoms with Gasteiger partial charge >= 0.3 is 0 Å². The molecule has 5 nitrogen and oxygen atoms in total. The summed E-state index contributed by atoms with van der Waals surface area (Å²) in [6, 6.07) is 4.70. The smallest absolute Gasteiger partial charge is 0.240 e. The first-order chi connectivity index (χ1) is 9.26. The number of rotatable bonds is 7. The van der Waals surface area contributed by atoms with Crippen LogP contribution in [0.2, 0.25) is 0 Å². The standard InChI is InChI=1S/C13H21BrN2O3S/c1-4-13(15,5-2)9-16-20(17,18)12-7-10(14)6-11(8-12)19-3/h6-8,16H,4-5,9,15H2,1-3H3. The van der Waals surface area contributed by atoms with Crippen LogP contribution in [0.1, 0.15) is 26.7 Å². The predicted octanol–water partition coefficient (Wildman–Crippen LogP) is 2.25. The van der Waals surface area contributed by atoms with Crippen LogP contribution in [-0.4, -0.2) is 27.6 Å². The van der Waals surface area contributed by atoms with E-state index in [1.807, 2.05) is 13.8 Å². The number of hydrogen-bond donors (Lipinski definition) is 2. The zero-order chi connectivity index (χ0) is 15.4. The largest absolute Gasteiger partial charge is 0.497 e. The van der Waals surface area contributed by atoms with Crippen molar-refractivity contribution in [2.24, 2.45) is 5.73 Å². The molecular formula is C13H21BrN2O3S. The number of hydrogen-bond acceptors (Lipinski definition) is 4. The maximum Gasteiger partial charge on any atom is 0.240 e. The van der Waals surface area contributed by atoms with Crippen LogP contribution in [0.25, 0.3) is 0 Å². The topological polar surface area (TPSA) is 81.4 Å². The van der Waals surface area contributed by atoms with Gasteiger partial charge in [0.2, 0.25) is 10.0 Å². The molecule has 3 N–H and O–H groups in total. The SMILES string of the molecule is CCC(N)(CC)CNS(=O)(=O)c1cc(Br)cc(OC)c1. The third kappa shape index (κ3) is 4.44. The molecule has 0 radical (unpaired) electrons. The third-order valence-corrected chi connectivity index (χ3v) is 5.25. The van der Waals surface area contributed by atoms with E-state index in [-0.39, 0.29) is 11.4 Å². The van der Waals surface area contributed by atoms with Crippen molar-refractivity contribution in [1.82, 2.24) is 4.72 Å². The van der Waals surface area contributed by atoms with E-state index in [4.69, 9.17) is 10.5 Å². The van der Waals surface area contributed by atoms with Crippen molar-refractivity contribution in [1.29, 1.82) is 0 Å². The van der Waals surface area contributed by atoms with E-state index in [0.29, 0.717) is 23.1 Å². The van der Waals surface area contributed by atoms with Gasteiger partial charge in [-0.2, -0.15) is 0 Å². The molecule has 1 aromatic carbocycles. The Labute approximate surface area is 129 Å². The molecule has 1 aromatic rings. The van der Waals surface area contributed by atoms with Gasteiger partial charge in [0.25, 0.3) is 0 Å². The Hall–Kier alpha value is -0.630. The molecule has 0 unspecified atom stereocenters. The van der Waals surface area contributed by atoms with Crippen LogP contribution in [0.4, 0.5) is 0 Å². The lowest BCUT2D eigenvalue weighted by atomic mass is 9.95. The summed E-state index contributed by atoms with van der Waals surface area (Å²) in [6.45, 7) is 4.09. The zero-order valence-electron chi connectivity index (χ0n) is 11.9. The van der Waals surface area contributed by atoms with Gasteiger partial charge in [-0.05, 0) is 25.0 Å². The fraction of sp³-hybridized carbons (Fsp3) is 0.538. The Morgan fingerprint density at radius 2 is 1.90 bits per heavy atom. The van der Waals surface area contributed by atoms with E-state index >= 15 is 0 Å². The number of nitrogens with one attached hydrogen (secondary N) is 1. The Morgan fingerprint density at radius 1 is 1.30 bits per heavy atom. The molecule has 0 spiro atoms. The second-order valence-electron chi connectivity index (χ2n) is 4.72. The summed E-state index contributed by atoms with van der Waals surface area (Å²) in [5.41, 5.74) is 5.58. The summed E-state index contributed by atoms with van der Waals surface area (Å²) in [5.74, 6) is 0.477. The molecule has 114 valence electrons. The molecule has 0 atom stereocenters. The third-order valence-electron chi connectivity index (χ3n) is 3.41. The Balaban J connectivity index is 2.97. The van der Waals surface area contributed by atoms with E-state index in [1.54, 1.807) is 6.07 Å². The molecule has 0 bridgehead atoms. The highest BCUT2D eigenvalue weighted by molar-refractivity contribution is 9.10. The number of sulfonamides is 1. The van der Waals surface area contributed by atoms with E-state index in [9.17, 15) is 8.42 Å². The molecule has 0 aliphatic heterocycles. The fourth-order valence-electron chi connectivity index (χ4n) is 1.63. The molecule has 7 heteroatoms. The van der Waals surface area contributed by atoms with Crippen molar-refractivity contribution in [3.05, 3.63) is 22.7 Å². The van der Waals surface area contributed by atoms with Gasteiger partial charge in [0.15, 0.2) is 0 Å². The number of methoxy groups -OCH3 is 1. The number of benzene rings is 1. The average Bonchev–Trinajstić information content (AvgIpc) is 2.44. The predicted molar refractivity (Wildman–Crippen MR) is 83.4 cm³/mol. The maximum absolute atomic E-state index is 12.3. The van der Waals surface area contributed by atoms with Gasteiger partial charge in [-0.1, -0.05) is 29.8 Å². The quantitative estimate of drug-likeness (QED) is 0.777. The zero-order valence-corrected chi connectivity index (χ0v) is 14.3. The summed E-state index contributed by atoms with van der Waals surface area (Å²) in [5, 5.41) is 0. The molecule has 0 saturated heterocycles. The molecule has 0 heterocycles. The lowest BCUT2D eigenvalue weighted by molar-refractivity contribution is 0.391. The molecule has 0 aromatic heterocycles. The summed E-state index contributed by atoms with van der Waals surface area (Å²) in [4.78, 5) is 0.151. The van der Waals surface area contributed by atoms with Gasteiger partial charge in [-0.25, -0.2) is 13.1 Å². The van der Waals surface area contributed by atoms with Gasteiger partial charge in [0, 0.05) is 22.6 Å². The first kappa shape index (κ1) is 17.4. The monoisotopic (exact) mass is 364 g/mol. The van der Waals surface area contributed by atoms with Crippen molar-refractivity contribution in [2.75, 3.05) is 13.7 Å². The van der Waals surface area contributed by atoms with Crippen molar-refractivity contribution < 1.29 is 13.2 Å². The summed E-state index contributed by atoms with van der Waals surface area (Å²) in [7, 11) is -2.12. The first-order valence-electron chi connectivity index (χ1n) is 6.39. The average molecular weight is 365 g/mol. The molecule has 0 aliphatic rings. The number of halogens is 1. The molecular weight excluding hydrogens is 344 g/mol. The highest BCUT2D eigenvalue weighted by Crippen LogP contribution is 2.24. The molecule has 0 saturated carbocycles. The van der Waals surface area contributed by atoms with Gasteiger partial charge in [0.1, 0.15) is 5.75 Å². The van der Waals surface area contributed by atoms with E-state index in [1.165, 1.54) is 19.2 Å². The number of ether oxygens (including phenoxy) is 1. The van der Waals surface area contributed by atoms with Gasteiger partial charge in [-0.3, -0.25) is 0 Å². The Bertz CT molecular complexity index is 557. The molecule has 0 fully saturated rings. The lowest BCUT2D eigenvalue weighted by Crippen LogP contribution is -2.49. The van der Waals surface area contributed by atoms with Crippen LogP contribution in [0.3, 0.4) is 0 Å². The van der Waals surface area contributed by atoms with Crippen molar-refractivity contribution >= 4 is 26.0 Å². The van der Waals surface area contributed by atoms with Crippen LogP contribution >= 0.6 is 15.9 Å². The van der Waals surface area contributed by atoms with Crippen molar-refractivity contribution in [2.45, 2.75) is 37.1 Å². The maximum atomic E-state index is 12.3. The first-order valence-corrected chi connectivity index (χ1v) is 8.67. The van der Waals surface area contributed by atoms with Gasteiger partial charge in [-0.15, -0.1) is 0 Å². The highest BCUT2D eigenvalue weighted by atomic mass is 79.9. The molecule has 0 aliphatic carbocycles. The normalized spacial score (nSPS) is 12.4. The van der Waals surface area contributed by atoms with Crippen molar-refractivity contribution in [3.63, 3.8) is 0 Å². The van der Waals surface area contributed by atoms with E-state index in [0.717, 1.165) is 0 Å². The summed E-state index contributed by atoms with van der Waals surface area (Å²) >= 11 is 3.27. The Morgan fingerprint density at radius 3 is 2.40 bits per heavy atom. The Kier molecular flexibility index (Phi) is 6.00. The fourth-order valence-corrected chi connectivity index (χ4v) is 3.45. The summed E-state index contributed by atoms with van der Waals surface area (Å²) in [6.07, 6.45) is 1.40. The minimum atomic E-state index is -3.61. The van der Waals surface area contributed by atoms with Crippen LogP contribution in [0, 0.1) is 0 Å². The summed E-state index contributed by atoms with van der Waals surface area (Å²) < 4.78 is 32.9. The molecule has 0 amide bonds. The van der Waals surface area contributed by atoms with Crippen molar-refractivity contribution in [3.8, 4) is 5.75 Å². The molecule has 1 rings (SSSR count). The van der Waals surface area contributed by atoms with Crippen LogP contribution in [0.15, 0.2) is 27.6 Å². The van der Waals surface area contributed by atoms with E-state index < -0.39 is 15.6 Å². The second kappa shape index (κ2) is 6.89. The second-order valence-corrected chi connectivity index (χ2v) is 7.40. The van der Waals surface area contributed by atoms with Gasteiger partial charge < -0.3 is 10.5 Å². The van der Waals surface area contributed by atoms with Crippen LogP contribution in [0.5, 0.6) is 5.75 Å². The van der Waals surface area contributed by atoms with Crippen LogP contribution < -0.4 is 15.2 Å². The van der Waals surface area contributed by atoms with Crippen LogP contribution in [-0.2, 0) is 10.0 Å². The highest BCUT2D eigenvalue weighted by Gasteiger charge is 2.24. The molecule has 20 heavy (non-hydrogen) atoms. The number of nitrogens with two attached hydrogens (primary N) is 1. The van der Waals surface area contributed by atoms with E-state index in [2.05, 4.69) is 20.7 Å². The van der Waals surface area contributed by atoms with Gasteiger partial charge in [0.05, 0.1) is 12.0 Å².